The monoisotopic (exact) mass is 376 g/mol. The van der Waals surface area contributed by atoms with Crippen molar-refractivity contribution < 1.29 is 9.21 Å². The van der Waals surface area contributed by atoms with Crippen molar-refractivity contribution >= 4 is 40.6 Å². The predicted molar refractivity (Wildman–Crippen MR) is 96.4 cm³/mol. The van der Waals surface area contributed by atoms with Crippen LogP contribution in [0.4, 0.5) is 11.5 Å². The molecule has 2 N–H and O–H groups in total. The van der Waals surface area contributed by atoms with E-state index in [0.29, 0.717) is 33.1 Å². The molecule has 0 atom stereocenters. The first kappa shape index (κ1) is 17.3. The average Bonchev–Trinajstić information content (AvgIpc) is 3.04. The second-order valence-corrected chi connectivity index (χ2v) is 6.10. The summed E-state index contributed by atoms with van der Waals surface area (Å²) in [6.45, 7) is 1.99. The van der Waals surface area contributed by atoms with Gasteiger partial charge in [0, 0.05) is 21.8 Å². The Bertz CT molecular complexity index is 877. The molecule has 2 aromatic heterocycles. The summed E-state index contributed by atoms with van der Waals surface area (Å²) in [7, 11) is 0. The van der Waals surface area contributed by atoms with E-state index in [4.69, 9.17) is 27.6 Å². The van der Waals surface area contributed by atoms with Gasteiger partial charge in [-0.15, -0.1) is 0 Å². The summed E-state index contributed by atoms with van der Waals surface area (Å²) in [6, 6.07) is 10.1. The quantitative estimate of drug-likeness (QED) is 0.691. The van der Waals surface area contributed by atoms with E-state index in [1.165, 1.54) is 0 Å². The molecule has 1 amide bonds. The number of benzene rings is 1. The van der Waals surface area contributed by atoms with Crippen LogP contribution in [0.3, 0.4) is 0 Å². The SMILES string of the molecule is Cc1nc(Nc2cc(Cl)cc(Cl)c2)cc(C(=O)NCc2ccco2)n1. The molecule has 0 spiro atoms. The molecule has 0 aliphatic carbocycles. The van der Waals surface area contributed by atoms with Gasteiger partial charge in [-0.05, 0) is 37.3 Å². The molecule has 2 heterocycles. The summed E-state index contributed by atoms with van der Waals surface area (Å²) in [5.41, 5.74) is 0.909. The molecule has 0 aliphatic heterocycles. The van der Waals surface area contributed by atoms with E-state index in [-0.39, 0.29) is 18.1 Å². The van der Waals surface area contributed by atoms with E-state index in [1.807, 2.05) is 0 Å². The number of halogens is 2. The van der Waals surface area contributed by atoms with Crippen LogP contribution in [-0.2, 0) is 6.54 Å². The summed E-state index contributed by atoms with van der Waals surface area (Å²) >= 11 is 12.0. The van der Waals surface area contributed by atoms with E-state index < -0.39 is 0 Å². The standard InChI is InChI=1S/C17H14Cl2N4O2/c1-10-21-15(17(24)20-9-14-3-2-4-25-14)8-16(22-10)23-13-6-11(18)5-12(19)7-13/h2-8H,9H2,1H3,(H,20,24)(H,21,22,23). The highest BCUT2D eigenvalue weighted by molar-refractivity contribution is 6.35. The molecule has 0 aliphatic rings. The molecular formula is C17H14Cl2N4O2. The molecule has 0 bridgehead atoms. The van der Waals surface area contributed by atoms with E-state index in [0.717, 1.165) is 0 Å². The van der Waals surface area contributed by atoms with Gasteiger partial charge in [0.25, 0.3) is 5.91 Å². The van der Waals surface area contributed by atoms with E-state index in [2.05, 4.69) is 20.6 Å². The van der Waals surface area contributed by atoms with Gasteiger partial charge in [0.05, 0.1) is 12.8 Å². The Labute approximate surface area is 154 Å². The number of carbonyl (C=O) groups excluding carboxylic acids is 1. The molecule has 0 saturated carbocycles. The number of nitrogens with zero attached hydrogens (tertiary/aromatic N) is 2. The third kappa shape index (κ3) is 4.71. The second kappa shape index (κ2) is 7.55. The maximum absolute atomic E-state index is 12.3. The second-order valence-electron chi connectivity index (χ2n) is 5.23. The Hall–Kier alpha value is -2.57. The fraction of sp³-hybridized carbons (Fsp3) is 0.118. The van der Waals surface area contributed by atoms with Crippen molar-refractivity contribution in [3.8, 4) is 0 Å². The number of amides is 1. The maximum Gasteiger partial charge on any atom is 0.270 e. The van der Waals surface area contributed by atoms with Crippen LogP contribution in [-0.4, -0.2) is 15.9 Å². The van der Waals surface area contributed by atoms with Crippen molar-refractivity contribution in [3.05, 3.63) is 70.0 Å². The number of anilines is 2. The first-order valence-corrected chi connectivity index (χ1v) is 8.14. The van der Waals surface area contributed by atoms with Gasteiger partial charge in [-0.25, -0.2) is 9.97 Å². The number of aromatic nitrogens is 2. The summed E-state index contributed by atoms with van der Waals surface area (Å²) in [5.74, 6) is 1.26. The smallest absolute Gasteiger partial charge is 0.270 e. The molecular weight excluding hydrogens is 363 g/mol. The third-order valence-corrected chi connectivity index (χ3v) is 3.65. The summed E-state index contributed by atoms with van der Waals surface area (Å²) in [5, 5.41) is 6.81. The fourth-order valence-corrected chi connectivity index (χ4v) is 2.72. The number of aryl methyl sites for hydroxylation is 1. The molecule has 3 rings (SSSR count). The Morgan fingerprint density at radius 3 is 2.60 bits per heavy atom. The van der Waals surface area contributed by atoms with Crippen molar-refractivity contribution in [1.29, 1.82) is 0 Å². The van der Waals surface area contributed by atoms with Crippen LogP contribution in [0.25, 0.3) is 0 Å². The number of nitrogens with one attached hydrogen (secondary N) is 2. The predicted octanol–water partition coefficient (Wildman–Crippen LogP) is 4.36. The van der Waals surface area contributed by atoms with Crippen LogP contribution in [0.1, 0.15) is 22.1 Å². The van der Waals surface area contributed by atoms with Gasteiger partial charge < -0.3 is 15.1 Å². The Morgan fingerprint density at radius 1 is 1.16 bits per heavy atom. The Kier molecular flexibility index (Phi) is 5.21. The molecule has 1 aromatic carbocycles. The van der Waals surface area contributed by atoms with Gasteiger partial charge in [0.15, 0.2) is 0 Å². The molecule has 6 nitrogen and oxygen atoms in total. The number of rotatable bonds is 5. The first-order chi connectivity index (χ1) is 12.0. The van der Waals surface area contributed by atoms with Crippen LogP contribution < -0.4 is 10.6 Å². The van der Waals surface area contributed by atoms with Crippen LogP contribution in [0, 0.1) is 6.92 Å². The van der Waals surface area contributed by atoms with Gasteiger partial charge in [-0.3, -0.25) is 4.79 Å². The minimum absolute atomic E-state index is 0.245. The zero-order chi connectivity index (χ0) is 17.8. The lowest BCUT2D eigenvalue weighted by atomic mass is 10.3. The van der Waals surface area contributed by atoms with Crippen molar-refractivity contribution in [2.45, 2.75) is 13.5 Å². The minimum Gasteiger partial charge on any atom is -0.467 e. The van der Waals surface area contributed by atoms with E-state index >= 15 is 0 Å². The normalized spacial score (nSPS) is 10.5. The largest absolute Gasteiger partial charge is 0.467 e. The maximum atomic E-state index is 12.3. The van der Waals surface area contributed by atoms with Crippen molar-refractivity contribution in [3.63, 3.8) is 0 Å². The van der Waals surface area contributed by atoms with Crippen molar-refractivity contribution in [1.82, 2.24) is 15.3 Å². The molecule has 0 radical (unpaired) electrons. The molecule has 0 unspecified atom stereocenters. The van der Waals surface area contributed by atoms with Gasteiger partial charge in [-0.1, -0.05) is 23.2 Å². The molecule has 128 valence electrons. The number of hydrogen-bond acceptors (Lipinski definition) is 5. The molecule has 25 heavy (non-hydrogen) atoms. The van der Waals surface area contributed by atoms with Crippen LogP contribution >= 0.6 is 23.2 Å². The highest BCUT2D eigenvalue weighted by Gasteiger charge is 2.11. The zero-order valence-corrected chi connectivity index (χ0v) is 14.7. The summed E-state index contributed by atoms with van der Waals surface area (Å²) < 4.78 is 5.18. The van der Waals surface area contributed by atoms with Crippen LogP contribution in [0.15, 0.2) is 47.1 Å². The lowest BCUT2D eigenvalue weighted by molar-refractivity contribution is 0.0942. The van der Waals surface area contributed by atoms with Crippen LogP contribution in [0.5, 0.6) is 0 Å². The zero-order valence-electron chi connectivity index (χ0n) is 13.2. The van der Waals surface area contributed by atoms with Gasteiger partial charge in [-0.2, -0.15) is 0 Å². The average molecular weight is 377 g/mol. The van der Waals surface area contributed by atoms with E-state index in [9.17, 15) is 4.79 Å². The van der Waals surface area contributed by atoms with E-state index in [1.54, 1.807) is 49.6 Å². The van der Waals surface area contributed by atoms with Crippen molar-refractivity contribution in [2.24, 2.45) is 0 Å². The Balaban J connectivity index is 1.76. The lowest BCUT2D eigenvalue weighted by Crippen LogP contribution is -2.24. The number of furan rings is 1. The van der Waals surface area contributed by atoms with Crippen molar-refractivity contribution in [2.75, 3.05) is 5.32 Å². The first-order valence-electron chi connectivity index (χ1n) is 7.39. The molecule has 8 heteroatoms. The molecule has 0 saturated heterocycles. The Morgan fingerprint density at radius 2 is 1.92 bits per heavy atom. The lowest BCUT2D eigenvalue weighted by Gasteiger charge is -2.09. The minimum atomic E-state index is -0.325. The molecule has 3 aromatic rings. The highest BCUT2D eigenvalue weighted by Crippen LogP contribution is 2.24. The number of hydrogen-bond donors (Lipinski definition) is 2. The van der Waals surface area contributed by atoms with Gasteiger partial charge >= 0.3 is 0 Å². The van der Waals surface area contributed by atoms with Crippen LogP contribution in [0.2, 0.25) is 10.0 Å². The summed E-state index contributed by atoms with van der Waals surface area (Å²) in [4.78, 5) is 20.7. The third-order valence-electron chi connectivity index (χ3n) is 3.21. The van der Waals surface area contributed by atoms with Gasteiger partial charge in [0.1, 0.15) is 23.1 Å². The highest BCUT2D eigenvalue weighted by atomic mass is 35.5. The topological polar surface area (TPSA) is 80.0 Å². The summed E-state index contributed by atoms with van der Waals surface area (Å²) in [6.07, 6.45) is 1.55. The number of carbonyl (C=O) groups is 1. The fourth-order valence-electron chi connectivity index (χ4n) is 2.19. The molecule has 0 fully saturated rings. The van der Waals surface area contributed by atoms with Gasteiger partial charge in [0.2, 0.25) is 0 Å².